The zero-order valence-corrected chi connectivity index (χ0v) is 10.3. The highest BCUT2D eigenvalue weighted by atomic mass is 32.1. The molecule has 2 heterocycles. The summed E-state index contributed by atoms with van der Waals surface area (Å²) in [6.45, 7) is 2.14. The molecule has 2 aromatic rings. The van der Waals surface area contributed by atoms with Crippen molar-refractivity contribution in [3.8, 4) is 11.4 Å². The van der Waals surface area contributed by atoms with Gasteiger partial charge in [0.25, 0.3) is 0 Å². The van der Waals surface area contributed by atoms with E-state index in [-0.39, 0.29) is 0 Å². The second-order valence-electron chi connectivity index (χ2n) is 3.75. The molecule has 0 saturated carbocycles. The summed E-state index contributed by atoms with van der Waals surface area (Å²) in [5.74, 6) is 1.40. The average Bonchev–Trinajstić information content (AvgIpc) is 2.95. The number of nitrogens with one attached hydrogen (secondary N) is 1. The zero-order chi connectivity index (χ0) is 11.4. The highest BCUT2D eigenvalue weighted by molar-refractivity contribution is 7.08. The molecule has 0 spiro atoms. The first-order valence-corrected chi connectivity index (χ1v) is 6.26. The van der Waals surface area contributed by atoms with Gasteiger partial charge in [-0.1, -0.05) is 5.16 Å². The van der Waals surface area contributed by atoms with Gasteiger partial charge in [-0.15, -0.1) is 0 Å². The molecular formula is C11H15N3OS. The van der Waals surface area contributed by atoms with Crippen LogP contribution in [-0.2, 0) is 6.42 Å². The molecule has 16 heavy (non-hydrogen) atoms. The molecule has 0 bridgehead atoms. The van der Waals surface area contributed by atoms with Gasteiger partial charge in [-0.2, -0.15) is 16.3 Å². The van der Waals surface area contributed by atoms with Crippen LogP contribution < -0.4 is 5.32 Å². The quantitative estimate of drug-likeness (QED) is 0.867. The fourth-order valence-corrected chi connectivity index (χ4v) is 1.98. The third-order valence-electron chi connectivity index (χ3n) is 2.53. The van der Waals surface area contributed by atoms with Crippen LogP contribution in [0.2, 0.25) is 0 Å². The van der Waals surface area contributed by atoms with E-state index in [1.54, 1.807) is 11.3 Å². The first kappa shape index (κ1) is 11.3. The van der Waals surface area contributed by atoms with E-state index in [0.717, 1.165) is 18.4 Å². The van der Waals surface area contributed by atoms with E-state index in [0.29, 0.717) is 17.8 Å². The molecular weight excluding hydrogens is 222 g/mol. The normalized spacial score (nSPS) is 12.9. The van der Waals surface area contributed by atoms with Crippen LogP contribution in [0.25, 0.3) is 11.4 Å². The monoisotopic (exact) mass is 237 g/mol. The summed E-state index contributed by atoms with van der Waals surface area (Å²) < 4.78 is 5.20. The molecule has 0 radical (unpaired) electrons. The van der Waals surface area contributed by atoms with E-state index in [2.05, 4.69) is 22.4 Å². The van der Waals surface area contributed by atoms with Gasteiger partial charge in [0.05, 0.1) is 0 Å². The first-order valence-electron chi connectivity index (χ1n) is 5.32. The third kappa shape index (κ3) is 2.68. The molecule has 1 unspecified atom stereocenters. The van der Waals surface area contributed by atoms with Gasteiger partial charge in [0.15, 0.2) is 0 Å². The molecule has 1 N–H and O–H groups in total. The number of aryl methyl sites for hydroxylation is 1. The van der Waals surface area contributed by atoms with Crippen LogP contribution in [0.5, 0.6) is 0 Å². The lowest BCUT2D eigenvalue weighted by Gasteiger charge is -2.06. The van der Waals surface area contributed by atoms with Crippen LogP contribution in [0.4, 0.5) is 0 Å². The Bertz CT molecular complexity index is 424. The van der Waals surface area contributed by atoms with Crippen LogP contribution in [-0.4, -0.2) is 23.2 Å². The summed E-state index contributed by atoms with van der Waals surface area (Å²) in [6, 6.07) is 2.46. The molecule has 86 valence electrons. The Kier molecular flexibility index (Phi) is 3.69. The van der Waals surface area contributed by atoms with Crippen LogP contribution >= 0.6 is 11.3 Å². The Morgan fingerprint density at radius 3 is 3.12 bits per heavy atom. The van der Waals surface area contributed by atoms with Crippen LogP contribution in [0.1, 0.15) is 19.2 Å². The van der Waals surface area contributed by atoms with Crippen molar-refractivity contribution in [1.29, 1.82) is 0 Å². The predicted octanol–water partition coefficient (Wildman–Crippen LogP) is 2.34. The molecule has 0 aliphatic rings. The van der Waals surface area contributed by atoms with E-state index < -0.39 is 0 Å². The Balaban J connectivity index is 1.98. The minimum atomic E-state index is 0.469. The number of hydrogen-bond donors (Lipinski definition) is 1. The third-order valence-corrected chi connectivity index (χ3v) is 3.21. The Morgan fingerprint density at radius 2 is 2.44 bits per heavy atom. The minimum Gasteiger partial charge on any atom is -0.339 e. The van der Waals surface area contributed by atoms with Crippen molar-refractivity contribution in [2.45, 2.75) is 25.8 Å². The predicted molar refractivity (Wildman–Crippen MR) is 64.5 cm³/mol. The molecule has 0 aliphatic heterocycles. The molecule has 0 aromatic carbocycles. The number of hydrogen-bond acceptors (Lipinski definition) is 5. The van der Waals surface area contributed by atoms with Gasteiger partial charge in [0, 0.05) is 23.4 Å². The molecule has 0 aliphatic carbocycles. The highest BCUT2D eigenvalue weighted by Crippen LogP contribution is 2.19. The Hall–Kier alpha value is -1.20. The maximum absolute atomic E-state index is 5.20. The number of rotatable bonds is 5. The molecule has 4 nitrogen and oxygen atoms in total. The second-order valence-corrected chi connectivity index (χ2v) is 4.53. The van der Waals surface area contributed by atoms with Gasteiger partial charge in [-0.25, -0.2) is 0 Å². The maximum atomic E-state index is 5.20. The van der Waals surface area contributed by atoms with Crippen molar-refractivity contribution in [2.75, 3.05) is 7.05 Å². The van der Waals surface area contributed by atoms with Gasteiger partial charge in [-0.3, -0.25) is 0 Å². The lowest BCUT2D eigenvalue weighted by molar-refractivity contribution is 0.369. The minimum absolute atomic E-state index is 0.469. The van der Waals surface area contributed by atoms with Crippen molar-refractivity contribution >= 4 is 11.3 Å². The van der Waals surface area contributed by atoms with Crippen LogP contribution in [0.15, 0.2) is 21.3 Å². The molecule has 2 rings (SSSR count). The summed E-state index contributed by atoms with van der Waals surface area (Å²) in [4.78, 5) is 4.36. The molecule has 0 amide bonds. The SMILES string of the molecule is CNC(C)CCc1nc(-c2ccsc2)no1. The van der Waals surface area contributed by atoms with Crippen LogP contribution in [0, 0.1) is 0 Å². The number of thiophene rings is 1. The summed E-state index contributed by atoms with van der Waals surface area (Å²) >= 11 is 1.63. The van der Waals surface area contributed by atoms with E-state index in [9.17, 15) is 0 Å². The molecule has 2 aromatic heterocycles. The Labute approximate surface area is 98.7 Å². The fraction of sp³-hybridized carbons (Fsp3) is 0.455. The summed E-state index contributed by atoms with van der Waals surface area (Å²) in [6.07, 6.45) is 1.82. The fourth-order valence-electron chi connectivity index (χ4n) is 1.35. The van der Waals surface area contributed by atoms with E-state index in [1.807, 2.05) is 23.9 Å². The largest absolute Gasteiger partial charge is 0.339 e. The first-order chi connectivity index (χ1) is 7.79. The van der Waals surface area contributed by atoms with Gasteiger partial charge >= 0.3 is 0 Å². The average molecular weight is 237 g/mol. The lowest BCUT2D eigenvalue weighted by atomic mass is 10.2. The summed E-state index contributed by atoms with van der Waals surface area (Å²) in [7, 11) is 1.95. The van der Waals surface area contributed by atoms with E-state index in [4.69, 9.17) is 4.52 Å². The van der Waals surface area contributed by atoms with E-state index in [1.165, 1.54) is 0 Å². The van der Waals surface area contributed by atoms with Gasteiger partial charge in [-0.05, 0) is 31.8 Å². The summed E-state index contributed by atoms with van der Waals surface area (Å²) in [5, 5.41) is 11.2. The summed E-state index contributed by atoms with van der Waals surface area (Å²) in [5.41, 5.74) is 1.03. The van der Waals surface area contributed by atoms with E-state index >= 15 is 0 Å². The second kappa shape index (κ2) is 5.23. The number of aromatic nitrogens is 2. The van der Waals surface area contributed by atoms with Crippen molar-refractivity contribution in [1.82, 2.24) is 15.5 Å². The van der Waals surface area contributed by atoms with Crippen molar-refractivity contribution in [2.24, 2.45) is 0 Å². The lowest BCUT2D eigenvalue weighted by Crippen LogP contribution is -2.21. The van der Waals surface area contributed by atoms with Crippen molar-refractivity contribution < 1.29 is 4.52 Å². The molecule has 0 fully saturated rings. The standard InChI is InChI=1S/C11H15N3OS/c1-8(12-2)3-4-10-13-11(14-15-10)9-5-6-16-7-9/h5-8,12H,3-4H2,1-2H3. The number of nitrogens with zero attached hydrogens (tertiary/aromatic N) is 2. The zero-order valence-electron chi connectivity index (χ0n) is 9.43. The van der Waals surface area contributed by atoms with Crippen molar-refractivity contribution in [3.63, 3.8) is 0 Å². The van der Waals surface area contributed by atoms with Crippen LogP contribution in [0.3, 0.4) is 0 Å². The van der Waals surface area contributed by atoms with Crippen molar-refractivity contribution in [3.05, 3.63) is 22.7 Å². The Morgan fingerprint density at radius 1 is 1.56 bits per heavy atom. The molecule has 5 heteroatoms. The smallest absolute Gasteiger partial charge is 0.227 e. The van der Waals surface area contributed by atoms with Gasteiger partial charge in [0.1, 0.15) is 0 Å². The van der Waals surface area contributed by atoms with Gasteiger partial charge in [0.2, 0.25) is 11.7 Å². The molecule has 0 saturated heterocycles. The maximum Gasteiger partial charge on any atom is 0.227 e. The van der Waals surface area contributed by atoms with Gasteiger partial charge < -0.3 is 9.84 Å². The topological polar surface area (TPSA) is 51.0 Å². The highest BCUT2D eigenvalue weighted by Gasteiger charge is 2.09. The molecule has 1 atom stereocenters.